The van der Waals surface area contributed by atoms with E-state index < -0.39 is 0 Å². The van der Waals surface area contributed by atoms with Crippen molar-refractivity contribution in [3.05, 3.63) is 212 Å². The molecule has 4 aromatic carbocycles. The van der Waals surface area contributed by atoms with Gasteiger partial charge in [-0.3, -0.25) is 9.59 Å². The first kappa shape index (κ1) is 66.8. The van der Waals surface area contributed by atoms with Gasteiger partial charge in [-0.15, -0.1) is 0 Å². The SMILES string of the molecule is CC(=O)CCCN.COc1cccc(Cl)n1.COc1nc(/C=C/c2cccc(-c3ccccc3)c2C)ccc1C=O.COc1nc(/C=C/c2cccc(-c3ccccc3)c2C)ccc1CNCCCC(C)=O.COc1nc(Cl)ccc1C=O. The number of ether oxygens (including phenoxy) is 4. The standard InChI is InChI=1S/C27H30N2O2.C22H19NO2.C7H6ClNO2.C6H6ClNO.C5H11NO/c1-20(30)9-8-18-28-19-24-15-17-25(29-27(24)31-3)16-14-22-12-7-13-26(21(22)2)23-10-5-4-6-11-23;1-16-17(9-6-10-21(16)18-7-4-3-5-8-18)11-13-20-14-12-19(15-24)22(23-20)25-2;1-11-7-5(4-10)2-3-6(8)9-7;1-9-6-4-2-3-5(7)8-6;1-5(7)3-2-4-6/h4-7,10-17,28H,8-9,18-19H2,1-3H3;3-15H,1-2H3;2-4H,1H3;2-4H,1H3;2-4,6H2,1H3/b16-14+;13-11+;;;. The van der Waals surface area contributed by atoms with Crippen molar-refractivity contribution in [2.45, 2.75) is 59.9 Å². The molecule has 14 nitrogen and oxygen atoms in total. The third kappa shape index (κ3) is 23.4. The van der Waals surface area contributed by atoms with Crippen molar-refractivity contribution in [3.8, 4) is 45.8 Å². The Morgan fingerprint density at radius 3 is 1.42 bits per heavy atom. The number of nitrogens with one attached hydrogen (secondary N) is 1. The fourth-order valence-corrected chi connectivity index (χ4v) is 8.10. The Morgan fingerprint density at radius 1 is 0.494 bits per heavy atom. The Hall–Kier alpha value is -8.66. The van der Waals surface area contributed by atoms with Crippen molar-refractivity contribution in [1.29, 1.82) is 0 Å². The van der Waals surface area contributed by atoms with E-state index in [9.17, 15) is 19.2 Å². The smallest absolute Gasteiger partial charge is 0.225 e. The van der Waals surface area contributed by atoms with Gasteiger partial charge in [0.15, 0.2) is 12.6 Å². The van der Waals surface area contributed by atoms with Crippen LogP contribution in [0.3, 0.4) is 0 Å². The second-order valence-corrected chi connectivity index (χ2v) is 19.0. The highest BCUT2D eigenvalue weighted by Crippen LogP contribution is 2.29. The number of methoxy groups -OCH3 is 4. The summed E-state index contributed by atoms with van der Waals surface area (Å²) in [6.07, 6.45) is 12.4. The molecule has 0 radical (unpaired) electrons. The molecule has 0 unspecified atom stereocenters. The zero-order chi connectivity index (χ0) is 60.4. The predicted octanol–water partition coefficient (Wildman–Crippen LogP) is 14.4. The molecule has 3 N–H and O–H groups in total. The molecule has 8 aromatic rings. The summed E-state index contributed by atoms with van der Waals surface area (Å²) in [6, 6.07) is 49.3. The molecule has 4 heterocycles. The first-order chi connectivity index (χ1) is 40.2. The van der Waals surface area contributed by atoms with Crippen LogP contribution in [-0.2, 0) is 16.1 Å². The van der Waals surface area contributed by atoms with E-state index in [1.165, 1.54) is 59.2 Å². The van der Waals surface area contributed by atoms with E-state index in [1.807, 2.05) is 54.6 Å². The van der Waals surface area contributed by atoms with Crippen molar-refractivity contribution in [1.82, 2.24) is 25.3 Å². The number of carbonyl (C=O) groups is 4. The maximum atomic E-state index is 11.0. The van der Waals surface area contributed by atoms with Crippen LogP contribution >= 0.6 is 23.2 Å². The molecule has 432 valence electrons. The number of aldehydes is 2. The number of aromatic nitrogens is 4. The first-order valence-electron chi connectivity index (χ1n) is 26.6. The Morgan fingerprint density at radius 2 is 0.964 bits per heavy atom. The quantitative estimate of drug-likeness (QED) is 0.0392. The van der Waals surface area contributed by atoms with Crippen LogP contribution in [0.15, 0.2) is 152 Å². The van der Waals surface area contributed by atoms with E-state index in [-0.39, 0.29) is 17.4 Å². The lowest BCUT2D eigenvalue weighted by Gasteiger charge is -2.10. The zero-order valence-electron chi connectivity index (χ0n) is 48.2. The van der Waals surface area contributed by atoms with Crippen molar-refractivity contribution in [3.63, 3.8) is 0 Å². The van der Waals surface area contributed by atoms with Crippen LogP contribution in [0.2, 0.25) is 10.3 Å². The number of benzene rings is 4. The molecule has 0 aliphatic carbocycles. The largest absolute Gasteiger partial charge is 0.481 e. The Balaban J connectivity index is 0.000000250. The van der Waals surface area contributed by atoms with Gasteiger partial charge in [0.1, 0.15) is 21.9 Å². The van der Waals surface area contributed by atoms with Gasteiger partial charge in [-0.05, 0) is 147 Å². The first-order valence-corrected chi connectivity index (χ1v) is 27.4. The molecular formula is C67H72Cl2N6O8. The monoisotopic (exact) mass is 1160 g/mol. The molecular weight excluding hydrogens is 1090 g/mol. The highest BCUT2D eigenvalue weighted by Gasteiger charge is 2.09. The summed E-state index contributed by atoms with van der Waals surface area (Å²) in [4.78, 5) is 59.1. The molecule has 0 amide bonds. The molecule has 0 aliphatic rings. The molecule has 4 aromatic heterocycles. The van der Waals surface area contributed by atoms with Gasteiger partial charge >= 0.3 is 0 Å². The van der Waals surface area contributed by atoms with Gasteiger partial charge in [0.2, 0.25) is 23.5 Å². The van der Waals surface area contributed by atoms with Crippen LogP contribution < -0.4 is 30.0 Å². The minimum Gasteiger partial charge on any atom is -0.481 e. The second kappa shape index (κ2) is 37.4. The zero-order valence-corrected chi connectivity index (χ0v) is 49.7. The number of Topliss-reactive ketones (excluding diaryl/α,β-unsaturated/α-hetero) is 2. The van der Waals surface area contributed by atoms with Crippen molar-refractivity contribution in [2.75, 3.05) is 41.5 Å². The molecule has 0 bridgehead atoms. The number of hydrogen-bond acceptors (Lipinski definition) is 14. The lowest BCUT2D eigenvalue weighted by molar-refractivity contribution is -0.117. The van der Waals surface area contributed by atoms with E-state index in [0.717, 1.165) is 48.2 Å². The lowest BCUT2D eigenvalue weighted by Crippen LogP contribution is -2.16. The number of ketones is 2. The van der Waals surface area contributed by atoms with Gasteiger partial charge in [-0.1, -0.05) is 145 Å². The molecule has 83 heavy (non-hydrogen) atoms. The summed E-state index contributed by atoms with van der Waals surface area (Å²) < 4.78 is 20.2. The minimum atomic E-state index is 0.224. The summed E-state index contributed by atoms with van der Waals surface area (Å²) >= 11 is 11.1. The van der Waals surface area contributed by atoms with Gasteiger partial charge in [0.25, 0.3) is 0 Å². The summed E-state index contributed by atoms with van der Waals surface area (Å²) in [5.41, 5.74) is 18.2. The van der Waals surface area contributed by atoms with E-state index in [4.69, 9.17) is 47.9 Å². The van der Waals surface area contributed by atoms with Crippen molar-refractivity contribution < 1.29 is 38.1 Å². The van der Waals surface area contributed by atoms with Crippen LogP contribution in [0.4, 0.5) is 0 Å². The van der Waals surface area contributed by atoms with Crippen LogP contribution in [0, 0.1) is 13.8 Å². The molecule has 0 aliphatic heterocycles. The predicted molar refractivity (Wildman–Crippen MR) is 336 cm³/mol. The summed E-state index contributed by atoms with van der Waals surface area (Å²) in [5.74, 6) is 2.21. The molecule has 0 spiro atoms. The molecule has 8 rings (SSSR count). The molecule has 0 saturated carbocycles. The normalized spacial score (nSPS) is 10.3. The number of carbonyl (C=O) groups excluding carboxylic acids is 4. The number of rotatable bonds is 21. The van der Waals surface area contributed by atoms with Gasteiger partial charge in [-0.2, -0.15) is 0 Å². The van der Waals surface area contributed by atoms with Crippen LogP contribution in [-0.4, -0.2) is 85.6 Å². The number of nitrogens with zero attached hydrogens (tertiary/aromatic N) is 4. The Bertz CT molecular complexity index is 3380. The number of hydrogen-bond donors (Lipinski definition) is 2. The third-order valence-electron chi connectivity index (χ3n) is 12.2. The highest BCUT2D eigenvalue weighted by molar-refractivity contribution is 6.29. The van der Waals surface area contributed by atoms with Crippen LogP contribution in [0.25, 0.3) is 46.6 Å². The number of halogens is 2. The van der Waals surface area contributed by atoms with Crippen molar-refractivity contribution in [2.24, 2.45) is 5.73 Å². The Labute approximate surface area is 497 Å². The van der Waals surface area contributed by atoms with E-state index in [1.54, 1.807) is 64.5 Å². The number of nitrogens with two attached hydrogens (primary N) is 1. The van der Waals surface area contributed by atoms with Crippen LogP contribution in [0.1, 0.15) is 99.5 Å². The second-order valence-electron chi connectivity index (χ2n) is 18.2. The summed E-state index contributed by atoms with van der Waals surface area (Å²) in [5, 5.41) is 4.11. The molecule has 16 heteroatoms. The molecule has 0 atom stereocenters. The third-order valence-corrected chi connectivity index (χ3v) is 12.6. The Kier molecular flexibility index (Phi) is 30.1. The highest BCUT2D eigenvalue weighted by atomic mass is 35.5. The average Bonchev–Trinajstić information content (AvgIpc) is 3.51. The van der Waals surface area contributed by atoms with E-state index in [2.05, 4.69) is 118 Å². The van der Waals surface area contributed by atoms with Gasteiger partial charge in [0, 0.05) is 31.0 Å². The van der Waals surface area contributed by atoms with Gasteiger partial charge in [-0.25, -0.2) is 19.9 Å². The van der Waals surface area contributed by atoms with E-state index in [0.29, 0.717) is 71.3 Å². The number of pyridine rings is 4. The van der Waals surface area contributed by atoms with Crippen molar-refractivity contribution >= 4 is 71.6 Å². The fourth-order valence-electron chi connectivity index (χ4n) is 7.80. The topological polar surface area (TPSA) is 195 Å². The average molecular weight is 1160 g/mol. The maximum absolute atomic E-state index is 11.0. The maximum Gasteiger partial charge on any atom is 0.225 e. The molecule has 0 saturated heterocycles. The summed E-state index contributed by atoms with van der Waals surface area (Å²) in [7, 11) is 6.14. The minimum absolute atomic E-state index is 0.224. The lowest BCUT2D eigenvalue weighted by atomic mass is 9.96. The van der Waals surface area contributed by atoms with Gasteiger partial charge < -0.3 is 39.6 Å². The molecule has 0 fully saturated rings. The summed E-state index contributed by atoms with van der Waals surface area (Å²) in [6.45, 7) is 9.55. The van der Waals surface area contributed by atoms with E-state index >= 15 is 0 Å². The van der Waals surface area contributed by atoms with Gasteiger partial charge in [0.05, 0.1) is 51.0 Å². The van der Waals surface area contributed by atoms with Crippen LogP contribution in [0.5, 0.6) is 23.5 Å². The fraction of sp³-hybridized carbons (Fsp3) is 0.224.